The number of rotatable bonds is 7. The second kappa shape index (κ2) is 9.94. The maximum Gasteiger partial charge on any atom is 0.191 e. The number of methoxy groups -OCH3 is 1. The van der Waals surface area contributed by atoms with Gasteiger partial charge in [-0.2, -0.15) is 0 Å². The first-order chi connectivity index (χ1) is 13.3. The van der Waals surface area contributed by atoms with Crippen LogP contribution in [0.5, 0.6) is 5.75 Å². The van der Waals surface area contributed by atoms with Crippen molar-refractivity contribution in [1.29, 1.82) is 0 Å². The van der Waals surface area contributed by atoms with Gasteiger partial charge in [0.25, 0.3) is 0 Å². The molecule has 2 N–H and O–H groups in total. The predicted molar refractivity (Wildman–Crippen MR) is 107 cm³/mol. The van der Waals surface area contributed by atoms with E-state index in [2.05, 4.69) is 42.5 Å². The lowest BCUT2D eigenvalue weighted by molar-refractivity contribution is 0.414. The highest BCUT2D eigenvalue weighted by atomic mass is 16.5. The van der Waals surface area contributed by atoms with Gasteiger partial charge in [-0.3, -0.25) is 4.99 Å². The molecule has 27 heavy (non-hydrogen) atoms. The van der Waals surface area contributed by atoms with E-state index in [9.17, 15) is 0 Å². The molecule has 0 saturated heterocycles. The molecule has 2 heterocycles. The van der Waals surface area contributed by atoms with E-state index in [1.807, 2.05) is 12.1 Å². The number of aliphatic imine (C=N–C) groups is 1. The minimum absolute atomic E-state index is 0.792. The lowest BCUT2D eigenvalue weighted by Crippen LogP contribution is -2.39. The zero-order valence-electron chi connectivity index (χ0n) is 16.4. The second-order valence-electron chi connectivity index (χ2n) is 6.77. The summed E-state index contributed by atoms with van der Waals surface area (Å²) in [5, 5.41) is 15.5. The quantitative estimate of drug-likeness (QED) is 0.576. The van der Waals surface area contributed by atoms with Crippen LogP contribution in [0, 0.1) is 0 Å². The van der Waals surface area contributed by atoms with Crippen LogP contribution in [0.4, 0.5) is 0 Å². The lowest BCUT2D eigenvalue weighted by atomic mass is 10.1. The summed E-state index contributed by atoms with van der Waals surface area (Å²) in [5.74, 6) is 3.92. The van der Waals surface area contributed by atoms with Crippen LogP contribution in [0.3, 0.4) is 0 Å². The molecule has 0 atom stereocenters. The molecule has 2 aromatic rings. The van der Waals surface area contributed by atoms with Gasteiger partial charge in [-0.1, -0.05) is 18.6 Å². The van der Waals surface area contributed by atoms with Crippen molar-refractivity contribution in [3.8, 4) is 5.75 Å². The van der Waals surface area contributed by atoms with Gasteiger partial charge in [0.15, 0.2) is 5.96 Å². The minimum Gasteiger partial charge on any atom is -0.497 e. The van der Waals surface area contributed by atoms with Crippen molar-refractivity contribution in [2.24, 2.45) is 4.99 Å². The van der Waals surface area contributed by atoms with E-state index in [1.165, 1.54) is 24.8 Å². The third kappa shape index (κ3) is 5.45. The molecule has 0 aliphatic carbocycles. The number of hydrogen-bond donors (Lipinski definition) is 2. The summed E-state index contributed by atoms with van der Waals surface area (Å²) in [6, 6.07) is 8.16. The molecule has 1 aromatic carbocycles. The number of fused-ring (bicyclic) bond motifs is 1. The van der Waals surface area contributed by atoms with E-state index in [0.717, 1.165) is 62.3 Å². The fraction of sp³-hybridized carbons (Fsp3) is 0.550. The SMILES string of the molecule is CN=C(NCCc1ccc(OC)cc1)NCCc1nnc2n1CCCCC2. The molecule has 7 nitrogen and oxygen atoms in total. The van der Waals surface area contributed by atoms with Gasteiger partial charge >= 0.3 is 0 Å². The number of ether oxygens (including phenoxy) is 1. The molecule has 1 aliphatic rings. The maximum atomic E-state index is 5.19. The summed E-state index contributed by atoms with van der Waals surface area (Å²) in [4.78, 5) is 4.30. The van der Waals surface area contributed by atoms with Crippen LogP contribution in [-0.4, -0.2) is 48.0 Å². The smallest absolute Gasteiger partial charge is 0.191 e. The van der Waals surface area contributed by atoms with Crippen molar-refractivity contribution in [2.75, 3.05) is 27.2 Å². The van der Waals surface area contributed by atoms with Crippen LogP contribution in [0.2, 0.25) is 0 Å². The Morgan fingerprint density at radius 3 is 2.59 bits per heavy atom. The van der Waals surface area contributed by atoms with Gasteiger partial charge in [0.1, 0.15) is 17.4 Å². The third-order valence-electron chi connectivity index (χ3n) is 4.92. The van der Waals surface area contributed by atoms with E-state index in [1.54, 1.807) is 14.2 Å². The molecule has 0 fully saturated rings. The monoisotopic (exact) mass is 370 g/mol. The first kappa shape index (κ1) is 19.2. The molecule has 3 rings (SSSR count). The topological polar surface area (TPSA) is 76.4 Å². The van der Waals surface area contributed by atoms with Crippen LogP contribution in [0.15, 0.2) is 29.3 Å². The van der Waals surface area contributed by atoms with Crippen LogP contribution >= 0.6 is 0 Å². The molecule has 0 saturated carbocycles. The number of nitrogens with zero attached hydrogens (tertiary/aromatic N) is 4. The van der Waals surface area contributed by atoms with Crippen LogP contribution in [0.1, 0.15) is 36.5 Å². The fourth-order valence-corrected chi connectivity index (χ4v) is 3.36. The average Bonchev–Trinajstić information content (AvgIpc) is 2.93. The normalized spacial score (nSPS) is 14.4. The fourth-order valence-electron chi connectivity index (χ4n) is 3.36. The Balaban J connectivity index is 1.41. The van der Waals surface area contributed by atoms with Crippen molar-refractivity contribution in [3.63, 3.8) is 0 Å². The Bertz CT molecular complexity index is 737. The number of aromatic nitrogens is 3. The lowest BCUT2D eigenvalue weighted by Gasteiger charge is -2.12. The van der Waals surface area contributed by atoms with Crippen molar-refractivity contribution in [1.82, 2.24) is 25.4 Å². The Morgan fingerprint density at radius 1 is 1.07 bits per heavy atom. The van der Waals surface area contributed by atoms with Gasteiger partial charge in [-0.25, -0.2) is 0 Å². The average molecular weight is 371 g/mol. The molecule has 0 radical (unpaired) electrons. The zero-order valence-corrected chi connectivity index (χ0v) is 16.4. The molecule has 146 valence electrons. The largest absolute Gasteiger partial charge is 0.497 e. The van der Waals surface area contributed by atoms with Gasteiger partial charge in [0.05, 0.1) is 7.11 Å². The first-order valence-electron chi connectivity index (χ1n) is 9.78. The van der Waals surface area contributed by atoms with Crippen LogP contribution in [0.25, 0.3) is 0 Å². The molecule has 0 amide bonds. The number of benzene rings is 1. The summed E-state index contributed by atoms with van der Waals surface area (Å²) >= 11 is 0. The molecule has 7 heteroatoms. The van der Waals surface area contributed by atoms with Gasteiger partial charge in [-0.15, -0.1) is 10.2 Å². The van der Waals surface area contributed by atoms with Gasteiger partial charge in [0, 0.05) is 39.5 Å². The first-order valence-corrected chi connectivity index (χ1v) is 9.78. The molecule has 0 spiro atoms. The number of nitrogens with one attached hydrogen (secondary N) is 2. The van der Waals surface area contributed by atoms with Crippen LogP contribution in [-0.2, 0) is 25.8 Å². The molecule has 0 unspecified atom stereocenters. The third-order valence-corrected chi connectivity index (χ3v) is 4.92. The minimum atomic E-state index is 0.792. The Kier molecular flexibility index (Phi) is 7.07. The summed E-state index contributed by atoms with van der Waals surface area (Å²) < 4.78 is 7.49. The van der Waals surface area contributed by atoms with Gasteiger partial charge in [0.2, 0.25) is 0 Å². The second-order valence-corrected chi connectivity index (χ2v) is 6.77. The standard InChI is InChI=1S/C20H30N6O/c1-21-20(22-13-11-16-7-9-17(27-2)10-8-16)23-14-12-19-25-24-18-6-4-3-5-15-26(18)19/h7-10H,3-6,11-15H2,1-2H3,(H2,21,22,23). The molecular formula is C20H30N6O. The Hall–Kier alpha value is -2.57. The summed E-state index contributed by atoms with van der Waals surface area (Å²) in [7, 11) is 3.48. The summed E-state index contributed by atoms with van der Waals surface area (Å²) in [6.07, 6.45) is 6.57. The number of hydrogen-bond acceptors (Lipinski definition) is 4. The van der Waals surface area contributed by atoms with E-state index in [4.69, 9.17) is 4.74 Å². The maximum absolute atomic E-state index is 5.19. The Labute approximate surface area is 161 Å². The van der Waals surface area contributed by atoms with Crippen molar-refractivity contribution >= 4 is 5.96 Å². The van der Waals surface area contributed by atoms with Crippen molar-refractivity contribution < 1.29 is 4.74 Å². The summed E-state index contributed by atoms with van der Waals surface area (Å²) in [5.41, 5.74) is 1.27. The van der Waals surface area contributed by atoms with E-state index >= 15 is 0 Å². The highest BCUT2D eigenvalue weighted by Gasteiger charge is 2.14. The summed E-state index contributed by atoms with van der Waals surface area (Å²) in [6.45, 7) is 2.67. The number of guanidine groups is 1. The number of aryl methyl sites for hydroxylation is 1. The van der Waals surface area contributed by atoms with Gasteiger partial charge < -0.3 is 19.9 Å². The highest BCUT2D eigenvalue weighted by molar-refractivity contribution is 5.79. The molecule has 0 bridgehead atoms. The molecule has 1 aromatic heterocycles. The Morgan fingerprint density at radius 2 is 1.85 bits per heavy atom. The zero-order chi connectivity index (χ0) is 18.9. The molecular weight excluding hydrogens is 340 g/mol. The highest BCUT2D eigenvalue weighted by Crippen LogP contribution is 2.14. The van der Waals surface area contributed by atoms with E-state index in [-0.39, 0.29) is 0 Å². The van der Waals surface area contributed by atoms with Crippen molar-refractivity contribution in [2.45, 2.75) is 45.1 Å². The van der Waals surface area contributed by atoms with Crippen molar-refractivity contribution in [3.05, 3.63) is 41.5 Å². The van der Waals surface area contributed by atoms with E-state index < -0.39 is 0 Å². The van der Waals surface area contributed by atoms with Crippen LogP contribution < -0.4 is 15.4 Å². The molecule has 1 aliphatic heterocycles. The van der Waals surface area contributed by atoms with Gasteiger partial charge in [-0.05, 0) is 37.0 Å². The predicted octanol–water partition coefficient (Wildman–Crippen LogP) is 1.96. The van der Waals surface area contributed by atoms with E-state index in [0.29, 0.717) is 0 Å².